The maximum atomic E-state index is 12.9. The molecule has 0 aliphatic heterocycles. The Bertz CT molecular complexity index is 850. The van der Waals surface area contributed by atoms with E-state index >= 15 is 0 Å². The summed E-state index contributed by atoms with van der Waals surface area (Å²) in [5, 5.41) is 10.9. The molecule has 0 spiro atoms. The van der Waals surface area contributed by atoms with Gasteiger partial charge in [-0.1, -0.05) is 11.6 Å². The first-order valence-electron chi connectivity index (χ1n) is 7.33. The van der Waals surface area contributed by atoms with Crippen molar-refractivity contribution in [3.63, 3.8) is 0 Å². The molecule has 1 aromatic heterocycles. The van der Waals surface area contributed by atoms with Gasteiger partial charge in [-0.15, -0.1) is 10.2 Å². The standard InChI is InChI=1S/C17H13ClFN3O3/c18-12-3-7-14(8-4-12)24-10-15(23)20-9-16-21-22-17(25-16)11-1-5-13(19)6-2-11/h1-8H,9-10H2,(H,20,23). The highest BCUT2D eigenvalue weighted by Gasteiger charge is 2.10. The first-order chi connectivity index (χ1) is 12.1. The maximum absolute atomic E-state index is 12.9. The molecule has 2 aromatic carbocycles. The number of benzene rings is 2. The lowest BCUT2D eigenvalue weighted by Crippen LogP contribution is -2.28. The summed E-state index contributed by atoms with van der Waals surface area (Å²) in [4.78, 5) is 11.8. The van der Waals surface area contributed by atoms with E-state index in [1.54, 1.807) is 24.3 Å². The van der Waals surface area contributed by atoms with Crippen LogP contribution in [0.5, 0.6) is 5.75 Å². The van der Waals surface area contributed by atoms with Gasteiger partial charge in [0.2, 0.25) is 11.8 Å². The van der Waals surface area contributed by atoms with Gasteiger partial charge in [-0.2, -0.15) is 0 Å². The van der Waals surface area contributed by atoms with Crippen LogP contribution in [0.1, 0.15) is 5.89 Å². The lowest BCUT2D eigenvalue weighted by Gasteiger charge is -2.06. The predicted molar refractivity (Wildman–Crippen MR) is 88.5 cm³/mol. The van der Waals surface area contributed by atoms with E-state index in [-0.39, 0.29) is 36.7 Å². The molecule has 128 valence electrons. The van der Waals surface area contributed by atoms with E-state index in [1.807, 2.05) is 0 Å². The van der Waals surface area contributed by atoms with Gasteiger partial charge in [-0.05, 0) is 48.5 Å². The molecular formula is C17H13ClFN3O3. The normalized spacial score (nSPS) is 10.5. The van der Waals surface area contributed by atoms with Crippen LogP contribution in [0, 0.1) is 5.82 Å². The summed E-state index contributed by atoms with van der Waals surface area (Å²) in [6.07, 6.45) is 0. The largest absolute Gasteiger partial charge is 0.484 e. The number of amides is 1. The van der Waals surface area contributed by atoms with Gasteiger partial charge in [0.1, 0.15) is 11.6 Å². The number of nitrogens with zero attached hydrogens (tertiary/aromatic N) is 2. The molecule has 8 heteroatoms. The molecule has 0 atom stereocenters. The minimum Gasteiger partial charge on any atom is -0.484 e. The van der Waals surface area contributed by atoms with Crippen molar-refractivity contribution in [1.82, 2.24) is 15.5 Å². The first kappa shape index (κ1) is 16.9. The highest BCUT2D eigenvalue weighted by Crippen LogP contribution is 2.18. The summed E-state index contributed by atoms with van der Waals surface area (Å²) in [6.45, 7) is -0.0857. The third-order valence-corrected chi connectivity index (χ3v) is 3.43. The number of carbonyl (C=O) groups excluding carboxylic acids is 1. The second-order valence-electron chi connectivity index (χ2n) is 5.03. The highest BCUT2D eigenvalue weighted by molar-refractivity contribution is 6.30. The van der Waals surface area contributed by atoms with E-state index in [4.69, 9.17) is 20.8 Å². The molecule has 0 fully saturated rings. The van der Waals surface area contributed by atoms with Crippen LogP contribution in [0.2, 0.25) is 5.02 Å². The summed E-state index contributed by atoms with van der Waals surface area (Å²) < 4.78 is 23.6. The van der Waals surface area contributed by atoms with E-state index in [1.165, 1.54) is 24.3 Å². The van der Waals surface area contributed by atoms with E-state index < -0.39 is 0 Å². The van der Waals surface area contributed by atoms with Gasteiger partial charge in [-0.25, -0.2) is 4.39 Å². The molecule has 25 heavy (non-hydrogen) atoms. The van der Waals surface area contributed by atoms with Gasteiger partial charge >= 0.3 is 0 Å². The molecule has 1 amide bonds. The Morgan fingerprint density at radius 2 is 1.84 bits per heavy atom. The molecule has 3 rings (SSSR count). The van der Waals surface area contributed by atoms with Crippen LogP contribution in [0.3, 0.4) is 0 Å². The predicted octanol–water partition coefficient (Wildman–Crippen LogP) is 3.22. The summed E-state index contributed by atoms with van der Waals surface area (Å²) in [7, 11) is 0. The number of hydrogen-bond acceptors (Lipinski definition) is 5. The number of aromatic nitrogens is 2. The van der Waals surface area contributed by atoms with Crippen LogP contribution in [-0.2, 0) is 11.3 Å². The number of ether oxygens (including phenoxy) is 1. The van der Waals surface area contributed by atoms with Crippen LogP contribution in [0.4, 0.5) is 4.39 Å². The molecule has 0 saturated carbocycles. The van der Waals surface area contributed by atoms with Gasteiger partial charge in [0.15, 0.2) is 6.61 Å². The van der Waals surface area contributed by atoms with E-state index in [2.05, 4.69) is 15.5 Å². The fraction of sp³-hybridized carbons (Fsp3) is 0.118. The Morgan fingerprint density at radius 3 is 2.56 bits per heavy atom. The van der Waals surface area contributed by atoms with Gasteiger partial charge in [0.05, 0.1) is 6.54 Å². The zero-order valence-electron chi connectivity index (χ0n) is 12.9. The zero-order chi connectivity index (χ0) is 17.6. The third-order valence-electron chi connectivity index (χ3n) is 3.18. The van der Waals surface area contributed by atoms with Gasteiger partial charge < -0.3 is 14.5 Å². The Morgan fingerprint density at radius 1 is 1.12 bits per heavy atom. The average Bonchev–Trinajstić information content (AvgIpc) is 3.09. The van der Waals surface area contributed by atoms with Crippen LogP contribution < -0.4 is 10.1 Å². The van der Waals surface area contributed by atoms with Crippen molar-refractivity contribution in [2.75, 3.05) is 6.61 Å². The lowest BCUT2D eigenvalue weighted by atomic mass is 10.2. The lowest BCUT2D eigenvalue weighted by molar-refractivity contribution is -0.123. The number of halogens is 2. The highest BCUT2D eigenvalue weighted by atomic mass is 35.5. The SMILES string of the molecule is O=C(COc1ccc(Cl)cc1)NCc1nnc(-c2ccc(F)cc2)o1. The van der Waals surface area contributed by atoms with Crippen molar-refractivity contribution in [2.45, 2.75) is 6.54 Å². The quantitative estimate of drug-likeness (QED) is 0.729. The summed E-state index contributed by atoms with van der Waals surface area (Å²) in [6, 6.07) is 12.3. The Balaban J connectivity index is 1.49. The number of hydrogen-bond donors (Lipinski definition) is 1. The number of carbonyl (C=O) groups is 1. The fourth-order valence-corrected chi connectivity index (χ4v) is 2.07. The number of nitrogens with one attached hydrogen (secondary N) is 1. The molecular weight excluding hydrogens is 349 g/mol. The smallest absolute Gasteiger partial charge is 0.258 e. The Labute approximate surface area is 147 Å². The molecule has 1 N–H and O–H groups in total. The van der Waals surface area contributed by atoms with Crippen LogP contribution in [0.15, 0.2) is 52.9 Å². The number of rotatable bonds is 6. The molecule has 0 bridgehead atoms. The average molecular weight is 362 g/mol. The van der Waals surface area contributed by atoms with Gasteiger partial charge in [0.25, 0.3) is 5.91 Å². The summed E-state index contributed by atoms with van der Waals surface area (Å²) in [5.41, 5.74) is 0.595. The Hall–Kier alpha value is -2.93. The van der Waals surface area contributed by atoms with Crippen LogP contribution >= 0.6 is 11.6 Å². The molecule has 0 radical (unpaired) electrons. The monoisotopic (exact) mass is 361 g/mol. The maximum Gasteiger partial charge on any atom is 0.258 e. The van der Waals surface area contributed by atoms with Crippen molar-refractivity contribution >= 4 is 17.5 Å². The van der Waals surface area contributed by atoms with Crippen molar-refractivity contribution in [2.24, 2.45) is 0 Å². The second-order valence-corrected chi connectivity index (χ2v) is 5.46. The zero-order valence-corrected chi connectivity index (χ0v) is 13.7. The van der Waals surface area contributed by atoms with E-state index in [9.17, 15) is 9.18 Å². The molecule has 1 heterocycles. The molecule has 0 aliphatic rings. The molecule has 0 aliphatic carbocycles. The third kappa shape index (κ3) is 4.77. The van der Waals surface area contributed by atoms with Crippen molar-refractivity contribution in [3.8, 4) is 17.2 Å². The van der Waals surface area contributed by atoms with Gasteiger partial charge in [0, 0.05) is 10.6 Å². The van der Waals surface area contributed by atoms with Crippen LogP contribution in [-0.4, -0.2) is 22.7 Å². The summed E-state index contributed by atoms with van der Waals surface area (Å²) in [5.74, 6) is 0.338. The van der Waals surface area contributed by atoms with E-state index in [0.29, 0.717) is 16.3 Å². The van der Waals surface area contributed by atoms with Crippen molar-refractivity contribution in [1.29, 1.82) is 0 Å². The van der Waals surface area contributed by atoms with Gasteiger partial charge in [-0.3, -0.25) is 4.79 Å². The molecule has 0 unspecified atom stereocenters. The Kier molecular flexibility index (Phi) is 5.25. The van der Waals surface area contributed by atoms with Crippen molar-refractivity contribution < 1.29 is 18.3 Å². The molecule has 6 nitrogen and oxygen atoms in total. The topological polar surface area (TPSA) is 77.2 Å². The minimum absolute atomic E-state index is 0.0665. The first-order valence-corrected chi connectivity index (χ1v) is 7.71. The summed E-state index contributed by atoms with van der Waals surface area (Å²) >= 11 is 5.77. The van der Waals surface area contributed by atoms with Crippen LogP contribution in [0.25, 0.3) is 11.5 Å². The fourth-order valence-electron chi connectivity index (χ4n) is 1.94. The van der Waals surface area contributed by atoms with Crippen molar-refractivity contribution in [3.05, 3.63) is 65.3 Å². The minimum atomic E-state index is -0.351. The van der Waals surface area contributed by atoms with E-state index in [0.717, 1.165) is 0 Å². The molecule has 3 aromatic rings. The molecule has 0 saturated heterocycles. The second kappa shape index (κ2) is 7.76.